The van der Waals surface area contributed by atoms with Crippen molar-refractivity contribution in [2.45, 2.75) is 45.4 Å². The maximum atomic E-state index is 13.7. The summed E-state index contributed by atoms with van der Waals surface area (Å²) < 4.78 is 11.7. The lowest BCUT2D eigenvalue weighted by Crippen LogP contribution is -2.43. The van der Waals surface area contributed by atoms with Crippen LogP contribution in [0.3, 0.4) is 0 Å². The molecule has 0 radical (unpaired) electrons. The van der Waals surface area contributed by atoms with Crippen molar-refractivity contribution < 1.29 is 18.7 Å². The molecule has 0 saturated heterocycles. The minimum absolute atomic E-state index is 0.0419. The van der Waals surface area contributed by atoms with Crippen LogP contribution in [0.25, 0.3) is 0 Å². The average Bonchev–Trinajstić information content (AvgIpc) is 3.32. The second-order valence-corrected chi connectivity index (χ2v) is 9.20. The van der Waals surface area contributed by atoms with Crippen molar-refractivity contribution in [1.29, 1.82) is 0 Å². The summed E-state index contributed by atoms with van der Waals surface area (Å²) >= 11 is 6.25. The van der Waals surface area contributed by atoms with Crippen LogP contribution < -0.4 is 0 Å². The third kappa shape index (κ3) is 3.07. The number of ether oxygens (including phenoxy) is 1. The van der Waals surface area contributed by atoms with Crippen molar-refractivity contribution in [2.24, 2.45) is 17.8 Å². The van der Waals surface area contributed by atoms with E-state index in [2.05, 4.69) is 13.8 Å². The van der Waals surface area contributed by atoms with Crippen molar-refractivity contribution in [3.8, 4) is 0 Å². The molecule has 0 N–H and O–H groups in total. The molecule has 5 atom stereocenters. The summed E-state index contributed by atoms with van der Waals surface area (Å²) in [6.45, 7) is 4.64. The van der Waals surface area contributed by atoms with Gasteiger partial charge in [0.2, 0.25) is 0 Å². The van der Waals surface area contributed by atoms with E-state index in [1.165, 1.54) is 0 Å². The van der Waals surface area contributed by atoms with E-state index in [1.807, 2.05) is 24.3 Å². The zero-order valence-electron chi connectivity index (χ0n) is 17.0. The number of rotatable bonds is 3. The molecule has 1 aliphatic carbocycles. The highest BCUT2D eigenvalue weighted by molar-refractivity contribution is 6.30. The van der Waals surface area contributed by atoms with Crippen LogP contribution in [0.5, 0.6) is 0 Å². The van der Waals surface area contributed by atoms with Crippen LogP contribution >= 0.6 is 11.6 Å². The Balaban J connectivity index is 1.59. The number of furan rings is 1. The van der Waals surface area contributed by atoms with E-state index < -0.39 is 6.04 Å². The molecule has 0 bridgehead atoms. The van der Waals surface area contributed by atoms with E-state index in [0.717, 1.165) is 18.4 Å². The van der Waals surface area contributed by atoms with Crippen molar-refractivity contribution >= 4 is 23.3 Å². The SMILES string of the molecule is CC1CC2OC3=C(C(=O)C2CC1C)C(c1cccc(Cl)c1)N(Cc1ccco1)C3=O. The minimum atomic E-state index is -0.528. The molecule has 3 aliphatic rings. The van der Waals surface area contributed by atoms with Crippen LogP contribution in [0.4, 0.5) is 0 Å². The number of fused-ring (bicyclic) bond motifs is 1. The monoisotopic (exact) mass is 425 g/mol. The molecular formula is C24H24ClNO4. The molecule has 1 aromatic heterocycles. The van der Waals surface area contributed by atoms with Gasteiger partial charge in [0.05, 0.1) is 30.3 Å². The van der Waals surface area contributed by atoms with Crippen LogP contribution in [0.15, 0.2) is 58.4 Å². The van der Waals surface area contributed by atoms with Crippen LogP contribution in [0, 0.1) is 17.8 Å². The van der Waals surface area contributed by atoms with Gasteiger partial charge in [0, 0.05) is 5.02 Å². The first-order valence-electron chi connectivity index (χ1n) is 10.5. The molecule has 0 spiro atoms. The number of Topliss-reactive ketones (excluding diaryl/α,β-unsaturated/α-hetero) is 1. The van der Waals surface area contributed by atoms with Crippen molar-refractivity contribution in [3.63, 3.8) is 0 Å². The smallest absolute Gasteiger partial charge is 0.290 e. The maximum Gasteiger partial charge on any atom is 0.290 e. The minimum Gasteiger partial charge on any atom is -0.483 e. The fourth-order valence-electron chi connectivity index (χ4n) is 5.07. The first-order chi connectivity index (χ1) is 14.4. The molecule has 2 aromatic rings. The fourth-order valence-corrected chi connectivity index (χ4v) is 5.26. The lowest BCUT2D eigenvalue weighted by atomic mass is 9.70. The lowest BCUT2D eigenvalue weighted by molar-refractivity contribution is -0.137. The quantitative estimate of drug-likeness (QED) is 0.700. The molecule has 5 rings (SSSR count). The molecule has 156 valence electrons. The predicted molar refractivity (Wildman–Crippen MR) is 111 cm³/mol. The Bertz CT molecular complexity index is 1030. The summed E-state index contributed by atoms with van der Waals surface area (Å²) in [5, 5.41) is 0.564. The maximum absolute atomic E-state index is 13.7. The van der Waals surface area contributed by atoms with Crippen molar-refractivity contribution in [3.05, 3.63) is 70.3 Å². The molecule has 1 amide bonds. The second-order valence-electron chi connectivity index (χ2n) is 8.77. The largest absolute Gasteiger partial charge is 0.483 e. The first kappa shape index (κ1) is 19.4. The van der Waals surface area contributed by atoms with Crippen LogP contribution in [-0.4, -0.2) is 22.7 Å². The Hall–Kier alpha value is -2.53. The molecule has 6 heteroatoms. The van der Waals surface area contributed by atoms with Gasteiger partial charge in [0.1, 0.15) is 11.9 Å². The zero-order chi connectivity index (χ0) is 21.0. The van der Waals surface area contributed by atoms with Crippen LogP contribution in [0.2, 0.25) is 5.02 Å². The highest BCUT2D eigenvalue weighted by Crippen LogP contribution is 2.49. The van der Waals surface area contributed by atoms with Gasteiger partial charge in [-0.2, -0.15) is 0 Å². The number of halogens is 1. The summed E-state index contributed by atoms with van der Waals surface area (Å²) in [6, 6.07) is 10.4. The number of hydrogen-bond acceptors (Lipinski definition) is 4. The summed E-state index contributed by atoms with van der Waals surface area (Å²) in [4.78, 5) is 28.8. The van der Waals surface area contributed by atoms with E-state index >= 15 is 0 Å². The van der Waals surface area contributed by atoms with Gasteiger partial charge in [0.15, 0.2) is 11.5 Å². The normalized spacial score (nSPS) is 30.9. The Morgan fingerprint density at radius 3 is 2.63 bits per heavy atom. The number of amides is 1. The topological polar surface area (TPSA) is 59.8 Å². The van der Waals surface area contributed by atoms with Crippen molar-refractivity contribution in [1.82, 2.24) is 4.90 Å². The third-order valence-corrected chi connectivity index (χ3v) is 7.11. The van der Waals surface area contributed by atoms with Gasteiger partial charge in [-0.25, -0.2) is 0 Å². The highest BCUT2D eigenvalue weighted by atomic mass is 35.5. The standard InChI is InChI=1S/C24H24ClNO4/c1-13-9-18-19(10-14(13)2)30-23-20(22(18)27)21(15-5-3-6-16(25)11-15)26(24(23)28)12-17-7-4-8-29-17/h3-8,11,13-14,18-19,21H,9-10,12H2,1-2H3. The average molecular weight is 426 g/mol. The van der Waals surface area contributed by atoms with Gasteiger partial charge in [0.25, 0.3) is 5.91 Å². The van der Waals surface area contributed by atoms with E-state index in [4.69, 9.17) is 20.8 Å². The highest BCUT2D eigenvalue weighted by Gasteiger charge is 2.53. The Morgan fingerprint density at radius 1 is 1.10 bits per heavy atom. The van der Waals surface area contributed by atoms with Gasteiger partial charge in [-0.1, -0.05) is 37.6 Å². The van der Waals surface area contributed by atoms with Gasteiger partial charge in [-0.05, 0) is 54.5 Å². The summed E-state index contributed by atoms with van der Waals surface area (Å²) in [5.41, 5.74) is 1.27. The van der Waals surface area contributed by atoms with Gasteiger partial charge >= 0.3 is 0 Å². The van der Waals surface area contributed by atoms with Gasteiger partial charge in [-0.15, -0.1) is 0 Å². The Morgan fingerprint density at radius 2 is 1.90 bits per heavy atom. The van der Waals surface area contributed by atoms with Gasteiger partial charge in [-0.3, -0.25) is 9.59 Å². The van der Waals surface area contributed by atoms with Crippen LogP contribution in [0.1, 0.15) is 44.1 Å². The molecular weight excluding hydrogens is 402 g/mol. The van der Waals surface area contributed by atoms with Gasteiger partial charge < -0.3 is 14.1 Å². The molecule has 2 aliphatic heterocycles. The number of nitrogens with zero attached hydrogens (tertiary/aromatic N) is 1. The molecule has 30 heavy (non-hydrogen) atoms. The lowest BCUT2D eigenvalue weighted by Gasteiger charge is -2.40. The summed E-state index contributed by atoms with van der Waals surface area (Å²) in [5.74, 6) is 1.35. The summed E-state index contributed by atoms with van der Waals surface area (Å²) in [6.07, 6.45) is 2.93. The second kappa shape index (κ2) is 7.31. The van der Waals surface area contributed by atoms with E-state index in [0.29, 0.717) is 28.2 Å². The fraction of sp³-hybridized carbons (Fsp3) is 0.417. The molecule has 1 fully saturated rings. The number of benzene rings is 1. The van der Waals surface area contributed by atoms with Crippen molar-refractivity contribution in [2.75, 3.05) is 0 Å². The third-order valence-electron chi connectivity index (χ3n) is 6.88. The van der Waals surface area contributed by atoms with E-state index in [1.54, 1.807) is 23.3 Å². The predicted octanol–water partition coefficient (Wildman–Crippen LogP) is 4.92. The number of ketones is 1. The summed E-state index contributed by atoms with van der Waals surface area (Å²) in [7, 11) is 0. The first-order valence-corrected chi connectivity index (χ1v) is 10.9. The molecule has 1 aromatic carbocycles. The Labute approximate surface area is 180 Å². The number of carbonyl (C=O) groups excluding carboxylic acids is 2. The molecule has 1 saturated carbocycles. The van der Waals surface area contributed by atoms with E-state index in [9.17, 15) is 9.59 Å². The molecule has 3 heterocycles. The zero-order valence-corrected chi connectivity index (χ0v) is 17.8. The van der Waals surface area contributed by atoms with E-state index in [-0.39, 0.29) is 36.0 Å². The number of hydrogen-bond donors (Lipinski definition) is 0. The Kier molecular flexibility index (Phi) is 4.73. The van der Waals surface area contributed by atoms with Crippen LogP contribution in [-0.2, 0) is 20.9 Å². The molecule has 5 unspecified atom stereocenters. The molecule has 5 nitrogen and oxygen atoms in total. The number of carbonyl (C=O) groups is 2.